The van der Waals surface area contributed by atoms with Crippen molar-refractivity contribution in [1.29, 1.82) is 0 Å². The fourth-order valence-corrected chi connectivity index (χ4v) is 1.19. The Morgan fingerprint density at radius 2 is 2.13 bits per heavy atom. The number of hydrogen-bond donors (Lipinski definition) is 1. The van der Waals surface area contributed by atoms with Crippen molar-refractivity contribution in [2.24, 2.45) is 0 Å². The summed E-state index contributed by atoms with van der Waals surface area (Å²) >= 11 is 0. The summed E-state index contributed by atoms with van der Waals surface area (Å²) in [5.41, 5.74) is -1.98. The zero-order valence-corrected chi connectivity index (χ0v) is 9.06. The lowest BCUT2D eigenvalue weighted by Gasteiger charge is -2.21. The molecule has 0 aromatic rings. The summed E-state index contributed by atoms with van der Waals surface area (Å²) in [6, 6.07) is 0. The van der Waals surface area contributed by atoms with Crippen LogP contribution in [0.3, 0.4) is 0 Å². The van der Waals surface area contributed by atoms with Crippen LogP contribution in [-0.4, -0.2) is 34.8 Å². The van der Waals surface area contributed by atoms with E-state index in [4.69, 9.17) is 0 Å². The summed E-state index contributed by atoms with van der Waals surface area (Å²) in [4.78, 5) is 21.0. The predicted molar refractivity (Wildman–Crippen MR) is 53.0 cm³/mol. The standard InChI is InChI=1S/C9H17NO5/c1-3-5-6-9(12,7-10(13)14)8(11)15-4-2/h12H,3-7H2,1-2H3/t9-/m1/s1. The highest BCUT2D eigenvalue weighted by Crippen LogP contribution is 2.16. The fraction of sp³-hybridized carbons (Fsp3) is 0.889. The van der Waals surface area contributed by atoms with Crippen LogP contribution in [0.15, 0.2) is 0 Å². The van der Waals surface area contributed by atoms with Gasteiger partial charge in [-0.2, -0.15) is 0 Å². The molecule has 0 aliphatic heterocycles. The van der Waals surface area contributed by atoms with Crippen LogP contribution in [0.25, 0.3) is 0 Å². The van der Waals surface area contributed by atoms with Gasteiger partial charge in [0, 0.05) is 4.92 Å². The van der Waals surface area contributed by atoms with Gasteiger partial charge >= 0.3 is 5.97 Å². The van der Waals surface area contributed by atoms with Crippen molar-refractivity contribution in [2.45, 2.75) is 38.7 Å². The van der Waals surface area contributed by atoms with Crippen molar-refractivity contribution in [3.8, 4) is 0 Å². The van der Waals surface area contributed by atoms with Gasteiger partial charge in [-0.3, -0.25) is 10.1 Å². The second kappa shape index (κ2) is 6.34. The molecule has 0 spiro atoms. The lowest BCUT2D eigenvalue weighted by atomic mass is 9.97. The van der Waals surface area contributed by atoms with Crippen LogP contribution in [-0.2, 0) is 9.53 Å². The van der Waals surface area contributed by atoms with Crippen molar-refractivity contribution in [3.05, 3.63) is 10.1 Å². The van der Waals surface area contributed by atoms with E-state index in [0.29, 0.717) is 6.42 Å². The van der Waals surface area contributed by atoms with Crippen molar-refractivity contribution in [1.82, 2.24) is 0 Å². The molecule has 1 atom stereocenters. The summed E-state index contributed by atoms with van der Waals surface area (Å²) < 4.78 is 4.61. The van der Waals surface area contributed by atoms with Gasteiger partial charge in [0.1, 0.15) is 0 Å². The summed E-state index contributed by atoms with van der Waals surface area (Å²) in [6.07, 6.45) is 1.35. The maximum Gasteiger partial charge on any atom is 0.345 e. The van der Waals surface area contributed by atoms with Crippen LogP contribution in [0.5, 0.6) is 0 Å². The SMILES string of the molecule is CCCC[C@@](O)(C[N+](=O)[O-])C(=O)OCC. The molecule has 0 aromatic heterocycles. The van der Waals surface area contributed by atoms with Crippen molar-refractivity contribution >= 4 is 5.97 Å². The second-order valence-corrected chi connectivity index (χ2v) is 3.35. The molecule has 1 N–H and O–H groups in total. The smallest absolute Gasteiger partial charge is 0.345 e. The van der Waals surface area contributed by atoms with Gasteiger partial charge in [-0.1, -0.05) is 13.3 Å². The first-order chi connectivity index (χ1) is 6.96. The first-order valence-electron chi connectivity index (χ1n) is 4.97. The topological polar surface area (TPSA) is 89.7 Å². The van der Waals surface area contributed by atoms with Gasteiger partial charge in [0.25, 0.3) is 0 Å². The third-order valence-electron chi connectivity index (χ3n) is 1.99. The van der Waals surface area contributed by atoms with Crippen LogP contribution in [0.2, 0.25) is 0 Å². The van der Waals surface area contributed by atoms with Gasteiger partial charge in [0.05, 0.1) is 6.61 Å². The van der Waals surface area contributed by atoms with E-state index in [0.717, 1.165) is 6.42 Å². The van der Waals surface area contributed by atoms with Crippen LogP contribution in [0, 0.1) is 10.1 Å². The van der Waals surface area contributed by atoms with Gasteiger partial charge in [-0.15, -0.1) is 0 Å². The lowest BCUT2D eigenvalue weighted by molar-refractivity contribution is -0.497. The largest absolute Gasteiger partial charge is 0.464 e. The Morgan fingerprint density at radius 3 is 2.53 bits per heavy atom. The number of aliphatic hydroxyl groups is 1. The molecule has 0 aromatic carbocycles. The Kier molecular flexibility index (Phi) is 5.84. The van der Waals surface area contributed by atoms with E-state index < -0.39 is 23.0 Å². The number of carbonyl (C=O) groups excluding carboxylic acids is 1. The van der Waals surface area contributed by atoms with E-state index >= 15 is 0 Å². The van der Waals surface area contributed by atoms with Crippen LogP contribution >= 0.6 is 0 Å². The minimum Gasteiger partial charge on any atom is -0.464 e. The van der Waals surface area contributed by atoms with Crippen LogP contribution in [0.1, 0.15) is 33.1 Å². The Bertz CT molecular complexity index is 231. The molecule has 0 heterocycles. The highest BCUT2D eigenvalue weighted by molar-refractivity contribution is 5.79. The number of rotatable bonds is 7. The Hall–Kier alpha value is -1.17. The summed E-state index contributed by atoms with van der Waals surface area (Å²) in [6.45, 7) is 2.76. The van der Waals surface area contributed by atoms with E-state index in [1.54, 1.807) is 6.92 Å². The molecule has 0 unspecified atom stereocenters. The Labute approximate surface area is 88.4 Å². The van der Waals surface area contributed by atoms with Gasteiger partial charge in [0.15, 0.2) is 0 Å². The number of hydrogen-bond acceptors (Lipinski definition) is 5. The normalized spacial score (nSPS) is 14.3. The van der Waals surface area contributed by atoms with E-state index in [9.17, 15) is 20.0 Å². The molecule has 0 fully saturated rings. The van der Waals surface area contributed by atoms with E-state index in [1.807, 2.05) is 6.92 Å². The summed E-state index contributed by atoms with van der Waals surface area (Å²) in [5, 5.41) is 20.1. The number of carbonyl (C=O) groups is 1. The first-order valence-corrected chi connectivity index (χ1v) is 4.97. The molecule has 6 heteroatoms. The molecule has 88 valence electrons. The molecule has 6 nitrogen and oxygen atoms in total. The van der Waals surface area contributed by atoms with Crippen molar-refractivity contribution < 1.29 is 19.6 Å². The van der Waals surface area contributed by atoms with Gasteiger partial charge in [-0.25, -0.2) is 4.79 Å². The van der Waals surface area contributed by atoms with Crippen molar-refractivity contribution in [2.75, 3.05) is 13.2 Å². The molecule has 0 aliphatic rings. The number of ether oxygens (including phenoxy) is 1. The van der Waals surface area contributed by atoms with Crippen LogP contribution < -0.4 is 0 Å². The molecule has 15 heavy (non-hydrogen) atoms. The summed E-state index contributed by atoms with van der Waals surface area (Å²) in [7, 11) is 0. The monoisotopic (exact) mass is 219 g/mol. The number of nitro groups is 1. The van der Waals surface area contributed by atoms with Gasteiger partial charge in [0.2, 0.25) is 12.1 Å². The predicted octanol–water partition coefficient (Wildman–Crippen LogP) is 0.748. The summed E-state index contributed by atoms with van der Waals surface area (Å²) in [5.74, 6) is -0.907. The number of esters is 1. The molecule has 0 saturated carbocycles. The quantitative estimate of drug-likeness (QED) is 0.387. The van der Waals surface area contributed by atoms with E-state index in [1.165, 1.54) is 0 Å². The number of nitrogens with zero attached hydrogens (tertiary/aromatic N) is 1. The Balaban J connectivity index is 4.52. The maximum absolute atomic E-state index is 11.3. The van der Waals surface area contributed by atoms with E-state index in [-0.39, 0.29) is 13.0 Å². The van der Waals surface area contributed by atoms with Gasteiger partial charge < -0.3 is 9.84 Å². The molecular weight excluding hydrogens is 202 g/mol. The lowest BCUT2D eigenvalue weighted by Crippen LogP contribution is -2.46. The Morgan fingerprint density at radius 1 is 1.53 bits per heavy atom. The molecule has 0 amide bonds. The molecule has 0 saturated heterocycles. The van der Waals surface area contributed by atoms with E-state index in [2.05, 4.69) is 4.74 Å². The third kappa shape index (κ3) is 4.73. The van der Waals surface area contributed by atoms with Crippen molar-refractivity contribution in [3.63, 3.8) is 0 Å². The van der Waals surface area contributed by atoms with Gasteiger partial charge in [-0.05, 0) is 19.8 Å². The van der Waals surface area contributed by atoms with Crippen LogP contribution in [0.4, 0.5) is 0 Å². The third-order valence-corrected chi connectivity index (χ3v) is 1.99. The average molecular weight is 219 g/mol. The molecular formula is C9H17NO5. The fourth-order valence-electron chi connectivity index (χ4n) is 1.19. The zero-order valence-electron chi connectivity index (χ0n) is 9.06. The zero-order chi connectivity index (χ0) is 11.9. The number of unbranched alkanes of at least 4 members (excludes halogenated alkanes) is 1. The minimum absolute atomic E-state index is 0.0588. The maximum atomic E-state index is 11.3. The second-order valence-electron chi connectivity index (χ2n) is 3.35. The molecule has 0 rings (SSSR count). The molecule has 0 aliphatic carbocycles. The highest BCUT2D eigenvalue weighted by Gasteiger charge is 2.42. The minimum atomic E-state index is -1.98. The highest BCUT2D eigenvalue weighted by atomic mass is 16.6. The molecule has 0 radical (unpaired) electrons. The molecule has 0 bridgehead atoms. The average Bonchev–Trinajstić information content (AvgIpc) is 2.14. The first kappa shape index (κ1) is 13.8.